The molecule has 2 aromatic carbocycles. The second-order valence-corrected chi connectivity index (χ2v) is 8.57. The van der Waals surface area contributed by atoms with Crippen molar-refractivity contribution < 1.29 is 13.2 Å². The van der Waals surface area contributed by atoms with E-state index >= 15 is 0 Å². The van der Waals surface area contributed by atoms with Gasteiger partial charge in [-0.15, -0.1) is 0 Å². The number of amides is 1. The van der Waals surface area contributed by atoms with Crippen LogP contribution >= 0.6 is 11.6 Å². The lowest BCUT2D eigenvalue weighted by Crippen LogP contribution is -2.42. The largest absolute Gasteiger partial charge is 0.350 e. The minimum atomic E-state index is -3.87. The summed E-state index contributed by atoms with van der Waals surface area (Å²) in [6.45, 7) is -0.0321. The Morgan fingerprint density at radius 2 is 1.79 bits per heavy atom. The Kier molecular flexibility index (Phi) is 4.78. The lowest BCUT2D eigenvalue weighted by molar-refractivity contribution is -0.119. The smallest absolute Gasteiger partial charge is 0.265 e. The number of carbonyl (C=O) groups is 1. The summed E-state index contributed by atoms with van der Waals surface area (Å²) in [5.74, 6) is -0.402. The number of sulfonamides is 1. The number of hydrogen-bond acceptors (Lipinski definition) is 4. The second kappa shape index (κ2) is 7.26. The van der Waals surface area contributed by atoms with E-state index in [2.05, 4.69) is 10.3 Å². The van der Waals surface area contributed by atoms with E-state index < -0.39 is 15.9 Å². The zero-order valence-corrected chi connectivity index (χ0v) is 16.2. The van der Waals surface area contributed by atoms with Crippen molar-refractivity contribution >= 4 is 33.2 Å². The Balaban J connectivity index is 1.66. The number of fused-ring (bicyclic) bond motifs is 3. The van der Waals surface area contributed by atoms with E-state index in [1.807, 2.05) is 0 Å². The van der Waals surface area contributed by atoms with Gasteiger partial charge in [0.2, 0.25) is 5.91 Å². The van der Waals surface area contributed by atoms with E-state index in [9.17, 15) is 13.2 Å². The number of hydrogen-bond donors (Lipinski definition) is 1. The van der Waals surface area contributed by atoms with Crippen molar-refractivity contribution in [1.82, 2.24) is 10.3 Å². The minimum Gasteiger partial charge on any atom is -0.350 e. The molecule has 0 saturated carbocycles. The third-order valence-corrected chi connectivity index (χ3v) is 6.55. The number of nitrogens with zero attached hydrogens (tertiary/aromatic N) is 2. The molecule has 0 unspecified atom stereocenters. The maximum atomic E-state index is 13.2. The molecule has 0 fully saturated rings. The van der Waals surface area contributed by atoms with Crippen molar-refractivity contribution in [2.24, 2.45) is 0 Å². The highest BCUT2D eigenvalue weighted by Crippen LogP contribution is 2.43. The fourth-order valence-corrected chi connectivity index (χ4v) is 4.98. The Morgan fingerprint density at radius 1 is 1.04 bits per heavy atom. The summed E-state index contributed by atoms with van der Waals surface area (Å²) in [7, 11) is -3.87. The number of carbonyl (C=O) groups excluding carboxylic acids is 1. The van der Waals surface area contributed by atoms with E-state index in [-0.39, 0.29) is 11.4 Å². The number of rotatable bonds is 4. The van der Waals surface area contributed by atoms with Gasteiger partial charge in [-0.25, -0.2) is 8.42 Å². The Morgan fingerprint density at radius 3 is 2.57 bits per heavy atom. The maximum absolute atomic E-state index is 13.2. The zero-order valence-electron chi connectivity index (χ0n) is 14.7. The van der Waals surface area contributed by atoms with Gasteiger partial charge in [0.25, 0.3) is 10.0 Å². The SMILES string of the molecule is O=C(CN1c2ccc(Cl)cc2-c2ccccc2S1(=O)=O)NCc1ccncc1. The minimum absolute atomic E-state index is 0.159. The number of anilines is 1. The van der Waals surface area contributed by atoms with Crippen molar-refractivity contribution in [2.45, 2.75) is 11.4 Å². The fraction of sp³-hybridized carbons (Fsp3) is 0.100. The van der Waals surface area contributed by atoms with Gasteiger partial charge >= 0.3 is 0 Å². The number of benzene rings is 2. The molecular weight excluding hydrogens is 398 g/mol. The summed E-state index contributed by atoms with van der Waals surface area (Å²) in [6.07, 6.45) is 3.26. The summed E-state index contributed by atoms with van der Waals surface area (Å²) in [6, 6.07) is 15.2. The first-order chi connectivity index (χ1) is 13.5. The molecule has 0 spiro atoms. The quantitative estimate of drug-likeness (QED) is 0.712. The molecule has 2 heterocycles. The third-order valence-electron chi connectivity index (χ3n) is 4.50. The van der Waals surface area contributed by atoms with Crippen LogP contribution < -0.4 is 9.62 Å². The molecule has 4 rings (SSSR count). The van der Waals surface area contributed by atoms with Gasteiger partial charge in [-0.1, -0.05) is 29.8 Å². The van der Waals surface area contributed by atoms with Crippen LogP contribution in [0.15, 0.2) is 71.9 Å². The van der Waals surface area contributed by atoms with Crippen LogP contribution in [0, 0.1) is 0 Å². The van der Waals surface area contributed by atoms with Crippen LogP contribution in [0.5, 0.6) is 0 Å². The van der Waals surface area contributed by atoms with Crippen molar-refractivity contribution in [3.8, 4) is 11.1 Å². The molecule has 142 valence electrons. The fourth-order valence-electron chi connectivity index (χ4n) is 3.16. The molecule has 1 amide bonds. The summed E-state index contributed by atoms with van der Waals surface area (Å²) in [5, 5.41) is 3.25. The molecular formula is C20H16ClN3O3S. The Hall–Kier alpha value is -2.90. The molecule has 28 heavy (non-hydrogen) atoms. The molecule has 6 nitrogen and oxygen atoms in total. The van der Waals surface area contributed by atoms with Gasteiger partial charge < -0.3 is 5.32 Å². The Labute approximate surface area is 167 Å². The number of halogens is 1. The average Bonchev–Trinajstić information content (AvgIpc) is 2.71. The van der Waals surface area contributed by atoms with Gasteiger partial charge in [0.15, 0.2) is 0 Å². The van der Waals surface area contributed by atoms with Gasteiger partial charge in [0.05, 0.1) is 10.6 Å². The molecule has 0 atom stereocenters. The van der Waals surface area contributed by atoms with Crippen LogP contribution in [-0.2, 0) is 21.4 Å². The van der Waals surface area contributed by atoms with E-state index in [0.717, 1.165) is 9.87 Å². The average molecular weight is 414 g/mol. The van der Waals surface area contributed by atoms with E-state index in [4.69, 9.17) is 11.6 Å². The molecule has 1 aromatic heterocycles. The molecule has 8 heteroatoms. The summed E-state index contributed by atoms with van der Waals surface area (Å²) < 4.78 is 27.5. The van der Waals surface area contributed by atoms with Crippen molar-refractivity contribution in [2.75, 3.05) is 10.8 Å². The molecule has 1 aliphatic heterocycles. The molecule has 0 bridgehead atoms. The van der Waals surface area contributed by atoms with E-state index in [1.54, 1.807) is 60.9 Å². The van der Waals surface area contributed by atoms with Crippen molar-refractivity contribution in [1.29, 1.82) is 0 Å². The molecule has 3 aromatic rings. The van der Waals surface area contributed by atoms with Gasteiger partial charge in [0, 0.05) is 35.1 Å². The van der Waals surface area contributed by atoms with E-state index in [0.29, 0.717) is 28.4 Å². The van der Waals surface area contributed by atoms with Crippen LogP contribution in [-0.4, -0.2) is 25.9 Å². The highest BCUT2D eigenvalue weighted by Gasteiger charge is 2.35. The molecule has 0 saturated heterocycles. The monoisotopic (exact) mass is 413 g/mol. The first-order valence-corrected chi connectivity index (χ1v) is 10.4. The van der Waals surface area contributed by atoms with Gasteiger partial charge in [-0.2, -0.15) is 0 Å². The van der Waals surface area contributed by atoms with Gasteiger partial charge in [-0.05, 0) is 42.0 Å². The van der Waals surface area contributed by atoms with Crippen LogP contribution in [0.4, 0.5) is 5.69 Å². The highest BCUT2D eigenvalue weighted by molar-refractivity contribution is 7.93. The number of pyridine rings is 1. The maximum Gasteiger partial charge on any atom is 0.265 e. The summed E-state index contributed by atoms with van der Waals surface area (Å²) >= 11 is 6.13. The number of nitrogens with one attached hydrogen (secondary N) is 1. The van der Waals surface area contributed by atoms with Crippen molar-refractivity contribution in [3.05, 3.63) is 77.6 Å². The van der Waals surface area contributed by atoms with Crippen molar-refractivity contribution in [3.63, 3.8) is 0 Å². The lowest BCUT2D eigenvalue weighted by atomic mass is 10.0. The molecule has 1 aliphatic rings. The predicted molar refractivity (Wildman–Crippen MR) is 108 cm³/mol. The molecule has 0 radical (unpaired) electrons. The van der Waals surface area contributed by atoms with E-state index in [1.165, 1.54) is 6.07 Å². The normalized spacial score (nSPS) is 14.1. The van der Waals surface area contributed by atoms with Gasteiger partial charge in [-0.3, -0.25) is 14.1 Å². The molecule has 0 aliphatic carbocycles. The topological polar surface area (TPSA) is 79.4 Å². The first kappa shape index (κ1) is 18.5. The Bertz CT molecular complexity index is 1150. The lowest BCUT2D eigenvalue weighted by Gasteiger charge is -2.31. The van der Waals surface area contributed by atoms with Gasteiger partial charge in [0.1, 0.15) is 6.54 Å². The third kappa shape index (κ3) is 3.34. The van der Waals surface area contributed by atoms with Crippen LogP contribution in [0.1, 0.15) is 5.56 Å². The van der Waals surface area contributed by atoms with Crippen LogP contribution in [0.25, 0.3) is 11.1 Å². The second-order valence-electron chi connectivity index (χ2n) is 6.30. The summed E-state index contributed by atoms with van der Waals surface area (Å²) in [4.78, 5) is 16.6. The highest BCUT2D eigenvalue weighted by atomic mass is 35.5. The molecule has 1 N–H and O–H groups in total. The zero-order chi connectivity index (χ0) is 19.7. The van der Waals surface area contributed by atoms with Crippen LogP contribution in [0.3, 0.4) is 0 Å². The number of aromatic nitrogens is 1. The van der Waals surface area contributed by atoms with Crippen LogP contribution in [0.2, 0.25) is 5.02 Å². The predicted octanol–water partition coefficient (Wildman–Crippen LogP) is 3.23. The summed E-state index contributed by atoms with van der Waals surface area (Å²) in [5.41, 5.74) is 2.57. The first-order valence-electron chi connectivity index (χ1n) is 8.54. The standard InChI is InChI=1S/C20H16ClN3O3S/c21-15-5-6-18-17(11-15)16-3-1-2-4-19(16)28(26,27)24(18)13-20(25)23-12-14-7-9-22-10-8-14/h1-11H,12-13H2,(H,23,25).